The smallest absolute Gasteiger partial charge is 0.167 e. The monoisotopic (exact) mass is 396 g/mol. The normalized spacial score (nSPS) is 31.2. The van der Waals surface area contributed by atoms with Gasteiger partial charge in [-0.05, 0) is 0 Å². The third-order valence-corrected chi connectivity index (χ3v) is 4.22. The molecular weight excluding hydrogens is 386 g/mol. The minimum Gasteiger partial charge on any atom is -0.387 e. The van der Waals surface area contributed by atoms with E-state index in [2.05, 4.69) is 37.5 Å². The molecule has 9 heteroatoms. The molecule has 1 aliphatic heterocycles. The van der Waals surface area contributed by atoms with Gasteiger partial charge in [-0.25, -0.2) is 15.0 Å². The van der Waals surface area contributed by atoms with E-state index >= 15 is 0 Å². The van der Waals surface area contributed by atoms with Crippen LogP contribution in [0.2, 0.25) is 5.15 Å². The van der Waals surface area contributed by atoms with Crippen molar-refractivity contribution < 1.29 is 14.9 Å². The molecule has 1 saturated heterocycles. The van der Waals surface area contributed by atoms with Crippen LogP contribution in [0.3, 0.4) is 0 Å². The summed E-state index contributed by atoms with van der Waals surface area (Å²) in [6.45, 7) is 0. The van der Waals surface area contributed by atoms with Crippen LogP contribution in [0.15, 0.2) is 12.7 Å². The second kappa shape index (κ2) is 5.09. The topological polar surface area (TPSA) is 93.3 Å². The van der Waals surface area contributed by atoms with E-state index in [1.165, 1.54) is 12.7 Å². The van der Waals surface area contributed by atoms with Gasteiger partial charge >= 0.3 is 0 Å². The Balaban J connectivity index is 2.04. The fraction of sp³-hybridized carbons (Fsp3) is 0.500. The van der Waals surface area contributed by atoms with E-state index < -0.39 is 24.5 Å². The second-order valence-electron chi connectivity index (χ2n) is 4.19. The SMILES string of the molecule is O[C@@H]1[C@H](O)[C@@H](CI)O[C@H]1n1cnc2c(Cl)ncnc21. The van der Waals surface area contributed by atoms with E-state index in [4.69, 9.17) is 16.3 Å². The lowest BCUT2D eigenvalue weighted by atomic mass is 10.1. The van der Waals surface area contributed by atoms with Gasteiger partial charge in [-0.1, -0.05) is 34.2 Å². The molecule has 19 heavy (non-hydrogen) atoms. The van der Waals surface area contributed by atoms with Gasteiger partial charge in [0.1, 0.15) is 24.1 Å². The van der Waals surface area contributed by atoms with Crippen molar-refractivity contribution in [3.63, 3.8) is 0 Å². The number of hydrogen-bond acceptors (Lipinski definition) is 6. The molecule has 3 rings (SSSR count). The highest BCUT2D eigenvalue weighted by Gasteiger charge is 2.43. The van der Waals surface area contributed by atoms with Crippen LogP contribution in [0.1, 0.15) is 6.23 Å². The van der Waals surface area contributed by atoms with E-state index in [9.17, 15) is 10.2 Å². The number of ether oxygens (including phenoxy) is 1. The number of aromatic nitrogens is 4. The summed E-state index contributed by atoms with van der Waals surface area (Å²) in [5.74, 6) is 0. The average molecular weight is 397 g/mol. The first-order valence-electron chi connectivity index (χ1n) is 5.54. The molecule has 2 aromatic heterocycles. The van der Waals surface area contributed by atoms with Gasteiger partial charge in [0.2, 0.25) is 0 Å². The summed E-state index contributed by atoms with van der Waals surface area (Å²) in [6.07, 6.45) is -0.332. The zero-order valence-corrected chi connectivity index (χ0v) is 12.4. The van der Waals surface area contributed by atoms with Gasteiger partial charge in [0.15, 0.2) is 17.0 Å². The third-order valence-electron chi connectivity index (χ3n) is 3.08. The van der Waals surface area contributed by atoms with E-state index in [1.54, 1.807) is 4.57 Å². The van der Waals surface area contributed by atoms with Crippen molar-refractivity contribution in [2.75, 3.05) is 4.43 Å². The number of aliphatic hydroxyl groups excluding tert-OH is 2. The number of halogens is 2. The molecule has 3 heterocycles. The van der Waals surface area contributed by atoms with Gasteiger partial charge < -0.3 is 14.9 Å². The molecule has 0 radical (unpaired) electrons. The standard InChI is InChI=1S/C10H10ClIN4O3/c11-8-5-9(14-2-13-8)16(3-15-5)10-7(18)6(17)4(1-12)19-10/h2-4,6-7,10,17-18H,1H2/t4-,6-,7-,10-/m1/s1. The Morgan fingerprint density at radius 3 is 2.79 bits per heavy atom. The summed E-state index contributed by atoms with van der Waals surface area (Å²) in [4.78, 5) is 12.0. The molecular formula is C10H10ClIN4O3. The molecule has 0 amide bonds. The molecule has 7 nitrogen and oxygen atoms in total. The Bertz CT molecular complexity index is 609. The van der Waals surface area contributed by atoms with Gasteiger partial charge in [-0.3, -0.25) is 4.57 Å². The van der Waals surface area contributed by atoms with Crippen molar-refractivity contribution >= 4 is 45.4 Å². The highest BCUT2D eigenvalue weighted by molar-refractivity contribution is 14.1. The number of aliphatic hydroxyl groups is 2. The predicted octanol–water partition coefficient (Wildman–Crippen LogP) is 0.534. The maximum atomic E-state index is 10.1. The summed E-state index contributed by atoms with van der Waals surface area (Å²) in [5, 5.41) is 20.2. The number of alkyl halides is 1. The van der Waals surface area contributed by atoms with Crippen LogP contribution in [-0.2, 0) is 4.74 Å². The van der Waals surface area contributed by atoms with E-state index in [-0.39, 0.29) is 5.15 Å². The summed E-state index contributed by atoms with van der Waals surface area (Å²) in [7, 11) is 0. The Kier molecular flexibility index (Phi) is 3.60. The quantitative estimate of drug-likeness (QED) is 0.437. The lowest BCUT2D eigenvalue weighted by Crippen LogP contribution is -2.32. The number of imidazole rings is 1. The molecule has 1 aliphatic rings. The minimum atomic E-state index is -1.04. The summed E-state index contributed by atoms with van der Waals surface area (Å²) in [6, 6.07) is 0. The zero-order chi connectivity index (χ0) is 13.6. The summed E-state index contributed by atoms with van der Waals surface area (Å²) < 4.78 is 7.78. The third kappa shape index (κ3) is 2.11. The molecule has 1 fully saturated rings. The maximum absolute atomic E-state index is 10.1. The van der Waals surface area contributed by atoms with Gasteiger partial charge in [0.25, 0.3) is 0 Å². The molecule has 0 spiro atoms. The minimum absolute atomic E-state index is 0.238. The van der Waals surface area contributed by atoms with Crippen molar-refractivity contribution in [1.29, 1.82) is 0 Å². The van der Waals surface area contributed by atoms with Gasteiger partial charge in [0, 0.05) is 4.43 Å². The van der Waals surface area contributed by atoms with Crippen molar-refractivity contribution in [2.24, 2.45) is 0 Å². The number of rotatable bonds is 2. The lowest BCUT2D eigenvalue weighted by Gasteiger charge is -2.16. The highest BCUT2D eigenvalue weighted by atomic mass is 127. The summed E-state index contributed by atoms with van der Waals surface area (Å²) in [5.41, 5.74) is 0.901. The first-order chi connectivity index (χ1) is 9.13. The first-order valence-corrected chi connectivity index (χ1v) is 7.44. The van der Waals surface area contributed by atoms with Crippen molar-refractivity contribution in [3.8, 4) is 0 Å². The molecule has 0 unspecified atom stereocenters. The Labute approximate surface area is 126 Å². The second-order valence-corrected chi connectivity index (χ2v) is 5.43. The fourth-order valence-electron chi connectivity index (χ4n) is 2.10. The van der Waals surface area contributed by atoms with Crippen LogP contribution >= 0.6 is 34.2 Å². The number of fused-ring (bicyclic) bond motifs is 1. The van der Waals surface area contributed by atoms with Crippen molar-refractivity contribution in [2.45, 2.75) is 24.5 Å². The Morgan fingerprint density at radius 2 is 2.11 bits per heavy atom. The highest BCUT2D eigenvalue weighted by Crippen LogP contribution is 2.32. The van der Waals surface area contributed by atoms with E-state index in [0.717, 1.165) is 0 Å². The molecule has 2 N–H and O–H groups in total. The van der Waals surface area contributed by atoms with Crippen LogP contribution < -0.4 is 0 Å². The molecule has 0 aliphatic carbocycles. The zero-order valence-electron chi connectivity index (χ0n) is 9.52. The van der Waals surface area contributed by atoms with Gasteiger partial charge in [-0.15, -0.1) is 0 Å². The average Bonchev–Trinajstić information content (AvgIpc) is 2.94. The van der Waals surface area contributed by atoms with Crippen LogP contribution in [-0.4, -0.2) is 52.5 Å². The molecule has 0 bridgehead atoms. The van der Waals surface area contributed by atoms with Crippen LogP contribution in [0.5, 0.6) is 0 Å². The van der Waals surface area contributed by atoms with Crippen LogP contribution in [0, 0.1) is 0 Å². The maximum Gasteiger partial charge on any atom is 0.167 e. The fourth-order valence-corrected chi connectivity index (χ4v) is 3.00. The number of nitrogens with zero attached hydrogens (tertiary/aromatic N) is 4. The van der Waals surface area contributed by atoms with Gasteiger partial charge in [-0.2, -0.15) is 0 Å². The number of hydrogen-bond donors (Lipinski definition) is 2. The molecule has 0 aromatic carbocycles. The van der Waals surface area contributed by atoms with E-state index in [1.807, 2.05) is 0 Å². The Hall–Kier alpha value is -0.550. The van der Waals surface area contributed by atoms with Crippen molar-refractivity contribution in [1.82, 2.24) is 19.5 Å². The first kappa shape index (κ1) is 13.4. The molecule has 2 aromatic rings. The largest absolute Gasteiger partial charge is 0.387 e. The van der Waals surface area contributed by atoms with Crippen LogP contribution in [0.25, 0.3) is 11.2 Å². The molecule has 0 saturated carbocycles. The van der Waals surface area contributed by atoms with Gasteiger partial charge in [0.05, 0.1) is 12.4 Å². The predicted molar refractivity (Wildman–Crippen MR) is 75.1 cm³/mol. The summed E-state index contributed by atoms with van der Waals surface area (Å²) >= 11 is 8.02. The molecule has 4 atom stereocenters. The van der Waals surface area contributed by atoms with E-state index in [0.29, 0.717) is 15.6 Å². The lowest BCUT2D eigenvalue weighted by molar-refractivity contribution is -0.0283. The van der Waals surface area contributed by atoms with Crippen molar-refractivity contribution in [3.05, 3.63) is 17.8 Å². The Morgan fingerprint density at radius 1 is 1.32 bits per heavy atom. The van der Waals surface area contributed by atoms with Crippen LogP contribution in [0.4, 0.5) is 0 Å². The molecule has 102 valence electrons.